The molecule has 0 saturated heterocycles. The van der Waals surface area contributed by atoms with Gasteiger partial charge in [0.05, 0.1) is 18.1 Å². The molecule has 3 nitrogen and oxygen atoms in total. The number of ether oxygens (including phenoxy) is 1. The van der Waals surface area contributed by atoms with E-state index >= 15 is 0 Å². The van der Waals surface area contributed by atoms with Gasteiger partial charge in [0.15, 0.2) is 0 Å². The maximum Gasteiger partial charge on any atom is 0.574 e. The van der Waals surface area contributed by atoms with Crippen molar-refractivity contribution in [3.8, 4) is 11.9 Å². The molecule has 0 aliphatic heterocycles. The Morgan fingerprint density at radius 3 is 2.20 bits per heavy atom. The topological polar surface area (TPSA) is 45.9 Å². The Morgan fingerprint density at radius 1 is 1.20 bits per heavy atom. The molecule has 0 amide bonds. The van der Waals surface area contributed by atoms with E-state index in [-0.39, 0.29) is 6.20 Å². The van der Waals surface area contributed by atoms with Crippen LogP contribution in [-0.4, -0.2) is 11.3 Å². The predicted molar refractivity (Wildman–Crippen MR) is 54.8 cm³/mol. The van der Waals surface area contributed by atoms with E-state index in [1.807, 2.05) is 0 Å². The van der Waals surface area contributed by atoms with Gasteiger partial charge in [0.1, 0.15) is 0 Å². The van der Waals surface area contributed by atoms with Gasteiger partial charge in [0.2, 0.25) is 5.88 Å². The second kappa shape index (κ2) is 5.75. The van der Waals surface area contributed by atoms with Crippen LogP contribution in [0.25, 0.3) is 0 Å². The van der Waals surface area contributed by atoms with Gasteiger partial charge in [-0.1, -0.05) is 0 Å². The van der Waals surface area contributed by atoms with E-state index < -0.39 is 47.4 Å². The Hall–Kier alpha value is -1.69. The molecule has 0 spiro atoms. The van der Waals surface area contributed by atoms with Gasteiger partial charge in [-0.05, 0) is 5.56 Å². The number of rotatable bonds is 3. The highest BCUT2D eigenvalue weighted by molar-refractivity contribution is 6.17. The van der Waals surface area contributed by atoms with Crippen molar-refractivity contribution < 1.29 is 31.1 Å². The fourth-order valence-corrected chi connectivity index (χ4v) is 1.73. The molecule has 0 N–H and O–H groups in total. The third-order valence-corrected chi connectivity index (χ3v) is 2.43. The number of hydrogen-bond donors (Lipinski definition) is 0. The van der Waals surface area contributed by atoms with Crippen LogP contribution in [0.15, 0.2) is 6.20 Å². The molecule has 0 fully saturated rings. The first-order chi connectivity index (χ1) is 9.10. The van der Waals surface area contributed by atoms with Crippen LogP contribution in [0, 0.1) is 11.3 Å². The van der Waals surface area contributed by atoms with E-state index in [0.717, 1.165) is 0 Å². The average Bonchev–Trinajstić information content (AvgIpc) is 2.27. The highest BCUT2D eigenvalue weighted by atomic mass is 35.5. The van der Waals surface area contributed by atoms with Gasteiger partial charge in [-0.15, -0.1) is 24.8 Å². The van der Waals surface area contributed by atoms with Crippen LogP contribution in [-0.2, 0) is 18.5 Å². The highest BCUT2D eigenvalue weighted by Gasteiger charge is 2.38. The Bertz CT molecular complexity index is 534. The number of hydrogen-bond acceptors (Lipinski definition) is 3. The summed E-state index contributed by atoms with van der Waals surface area (Å²) >= 11 is 5.35. The zero-order valence-electron chi connectivity index (χ0n) is 9.44. The van der Waals surface area contributed by atoms with Crippen molar-refractivity contribution in [2.75, 3.05) is 0 Å². The summed E-state index contributed by atoms with van der Waals surface area (Å²) in [6.07, 6.45) is -10.5. The summed E-state index contributed by atoms with van der Waals surface area (Å²) in [6.45, 7) is 0. The van der Waals surface area contributed by atoms with E-state index in [9.17, 15) is 26.3 Å². The Balaban J connectivity index is 3.46. The van der Waals surface area contributed by atoms with Crippen LogP contribution in [0.1, 0.15) is 16.7 Å². The molecule has 0 aliphatic carbocycles. The lowest BCUT2D eigenvalue weighted by Crippen LogP contribution is -2.21. The van der Waals surface area contributed by atoms with Gasteiger partial charge in [0.25, 0.3) is 0 Å². The maximum atomic E-state index is 12.7. The first-order valence-corrected chi connectivity index (χ1v) is 5.40. The normalized spacial score (nSPS) is 12.1. The van der Waals surface area contributed by atoms with Crippen molar-refractivity contribution in [1.29, 1.82) is 5.26 Å². The predicted octanol–water partition coefficient (Wildman–Crippen LogP) is 3.80. The average molecular weight is 319 g/mol. The van der Waals surface area contributed by atoms with Gasteiger partial charge in [-0.2, -0.15) is 18.4 Å². The molecule has 1 heterocycles. The second-order valence-electron chi connectivity index (χ2n) is 3.45. The molecule has 0 radical (unpaired) electrons. The minimum atomic E-state index is -5.14. The van der Waals surface area contributed by atoms with E-state index in [1.54, 1.807) is 0 Å². The minimum Gasteiger partial charge on any atom is -0.388 e. The standard InChI is InChI=1S/C10H5ClF6N2O/c11-3-6-5(1-2-18)8(20-10(15,16)17)19-4-7(6)9(12,13)14/h4H,1,3H2. The molecule has 20 heavy (non-hydrogen) atoms. The molecule has 0 saturated carbocycles. The quantitative estimate of drug-likeness (QED) is 0.629. The van der Waals surface area contributed by atoms with Crippen molar-refractivity contribution in [1.82, 2.24) is 4.98 Å². The van der Waals surface area contributed by atoms with Crippen LogP contribution in [0.4, 0.5) is 26.3 Å². The molecule has 110 valence electrons. The summed E-state index contributed by atoms with van der Waals surface area (Å²) in [4.78, 5) is 2.99. The molecule has 0 aliphatic rings. The van der Waals surface area contributed by atoms with Gasteiger partial charge in [-0.3, -0.25) is 0 Å². The van der Waals surface area contributed by atoms with Gasteiger partial charge >= 0.3 is 12.5 Å². The number of halogens is 7. The Kier molecular flexibility index (Phi) is 4.70. The Labute approximate surface area is 113 Å². The fourth-order valence-electron chi connectivity index (χ4n) is 1.43. The third kappa shape index (κ3) is 3.90. The summed E-state index contributed by atoms with van der Waals surface area (Å²) in [6, 6.07) is 1.45. The van der Waals surface area contributed by atoms with Crippen LogP contribution in [0.5, 0.6) is 5.88 Å². The van der Waals surface area contributed by atoms with Crippen molar-refractivity contribution in [3.63, 3.8) is 0 Å². The first-order valence-electron chi connectivity index (χ1n) is 4.86. The van der Waals surface area contributed by atoms with E-state index in [1.165, 1.54) is 6.07 Å². The minimum absolute atomic E-state index is 0.194. The van der Waals surface area contributed by atoms with E-state index in [4.69, 9.17) is 16.9 Å². The monoisotopic (exact) mass is 318 g/mol. The van der Waals surface area contributed by atoms with Crippen molar-refractivity contribution in [2.45, 2.75) is 24.8 Å². The van der Waals surface area contributed by atoms with Crippen molar-refractivity contribution >= 4 is 11.6 Å². The SMILES string of the molecule is N#CCc1c(OC(F)(F)F)ncc(C(F)(F)F)c1CCl. The van der Waals surface area contributed by atoms with Crippen LogP contribution in [0.2, 0.25) is 0 Å². The number of nitrogens with zero attached hydrogens (tertiary/aromatic N) is 2. The van der Waals surface area contributed by atoms with Crippen LogP contribution < -0.4 is 4.74 Å². The summed E-state index contributed by atoms with van der Waals surface area (Å²) in [7, 11) is 0. The zero-order valence-corrected chi connectivity index (χ0v) is 10.2. The highest BCUT2D eigenvalue weighted by Crippen LogP contribution is 2.37. The van der Waals surface area contributed by atoms with E-state index in [0.29, 0.717) is 0 Å². The van der Waals surface area contributed by atoms with Crippen molar-refractivity contribution in [3.05, 3.63) is 22.9 Å². The molecular weight excluding hydrogens is 314 g/mol. The molecular formula is C10H5ClF6N2O. The molecule has 1 aromatic rings. The maximum absolute atomic E-state index is 12.7. The number of alkyl halides is 7. The smallest absolute Gasteiger partial charge is 0.388 e. The molecule has 0 bridgehead atoms. The van der Waals surface area contributed by atoms with Crippen LogP contribution >= 0.6 is 11.6 Å². The molecule has 1 aromatic heterocycles. The van der Waals surface area contributed by atoms with Crippen molar-refractivity contribution in [2.24, 2.45) is 0 Å². The zero-order chi connectivity index (χ0) is 15.6. The van der Waals surface area contributed by atoms with Gasteiger partial charge < -0.3 is 4.74 Å². The molecule has 0 atom stereocenters. The lowest BCUT2D eigenvalue weighted by atomic mass is 10.0. The first kappa shape index (κ1) is 16.4. The fraction of sp³-hybridized carbons (Fsp3) is 0.400. The largest absolute Gasteiger partial charge is 0.574 e. The van der Waals surface area contributed by atoms with Gasteiger partial charge in [0, 0.05) is 17.6 Å². The van der Waals surface area contributed by atoms with Gasteiger partial charge in [-0.25, -0.2) is 4.98 Å². The lowest BCUT2D eigenvalue weighted by Gasteiger charge is -2.17. The summed E-state index contributed by atoms with van der Waals surface area (Å²) in [5.41, 5.74) is -2.59. The summed E-state index contributed by atoms with van der Waals surface area (Å²) in [5, 5.41) is 8.52. The Morgan fingerprint density at radius 2 is 1.80 bits per heavy atom. The molecule has 0 unspecified atom stereocenters. The summed E-state index contributed by atoms with van der Waals surface area (Å²) < 4.78 is 77.9. The lowest BCUT2D eigenvalue weighted by molar-refractivity contribution is -0.276. The summed E-state index contributed by atoms with van der Waals surface area (Å²) in [5.74, 6) is -1.84. The second-order valence-corrected chi connectivity index (χ2v) is 3.72. The number of nitriles is 1. The molecule has 1 rings (SSSR count). The van der Waals surface area contributed by atoms with Crippen LogP contribution in [0.3, 0.4) is 0 Å². The third-order valence-electron chi connectivity index (χ3n) is 2.17. The molecule has 10 heteroatoms. The van der Waals surface area contributed by atoms with E-state index in [2.05, 4.69) is 9.72 Å². The number of aromatic nitrogens is 1. The molecule has 0 aromatic carbocycles. The number of pyridine rings is 1.